The van der Waals surface area contributed by atoms with Gasteiger partial charge in [0.2, 0.25) is 0 Å². The molecule has 2 aromatic rings. The first-order valence-electron chi connectivity index (χ1n) is 15.2. The van der Waals surface area contributed by atoms with Gasteiger partial charge >= 0.3 is 6.09 Å². The standard InChI is InChI=1S/C34H51NO5/c1-6-7-8-9-10-11-18-23-37-32-30(39-26-28-21-16-13-17-22-28)24-29(38-25-27-19-14-12-15-20-27)31(32)35(5)33(36)40-34(2,3)4/h12-17,19-22,29-32H,6-11,18,23-26H2,1-5H3. The van der Waals surface area contributed by atoms with E-state index in [0.29, 0.717) is 26.2 Å². The predicted octanol–water partition coefficient (Wildman–Crippen LogP) is 7.93. The summed E-state index contributed by atoms with van der Waals surface area (Å²) in [5.74, 6) is 0. The maximum absolute atomic E-state index is 13.3. The Morgan fingerprint density at radius 1 is 0.775 bits per heavy atom. The Balaban J connectivity index is 1.74. The van der Waals surface area contributed by atoms with E-state index in [2.05, 4.69) is 31.2 Å². The van der Waals surface area contributed by atoms with Gasteiger partial charge in [0.15, 0.2) is 0 Å². The van der Waals surface area contributed by atoms with E-state index in [9.17, 15) is 4.79 Å². The number of amides is 1. The highest BCUT2D eigenvalue weighted by Crippen LogP contribution is 2.34. The Bertz CT molecular complexity index is 961. The fourth-order valence-corrected chi connectivity index (χ4v) is 5.23. The van der Waals surface area contributed by atoms with Gasteiger partial charge < -0.3 is 23.8 Å². The van der Waals surface area contributed by atoms with Crippen LogP contribution in [0.5, 0.6) is 0 Å². The van der Waals surface area contributed by atoms with Gasteiger partial charge in [0.05, 0.1) is 31.5 Å². The van der Waals surface area contributed by atoms with Crippen LogP contribution in [-0.2, 0) is 32.2 Å². The van der Waals surface area contributed by atoms with Crippen LogP contribution < -0.4 is 0 Å². The number of hydrogen-bond donors (Lipinski definition) is 0. The van der Waals surface area contributed by atoms with E-state index in [1.807, 2.05) is 57.2 Å². The highest BCUT2D eigenvalue weighted by atomic mass is 16.6. The first kappa shape index (κ1) is 32.1. The van der Waals surface area contributed by atoms with Crippen molar-refractivity contribution in [3.63, 3.8) is 0 Å². The van der Waals surface area contributed by atoms with Crippen LogP contribution in [-0.4, -0.2) is 54.6 Å². The molecule has 0 saturated heterocycles. The molecule has 6 heteroatoms. The van der Waals surface area contributed by atoms with Gasteiger partial charge in [-0.2, -0.15) is 0 Å². The molecule has 1 aliphatic rings. The summed E-state index contributed by atoms with van der Waals surface area (Å²) in [6.07, 6.45) is 8.00. The normalized spacial score (nSPS) is 20.9. The number of unbranched alkanes of at least 4 members (excludes halogenated alkanes) is 6. The van der Waals surface area contributed by atoms with Gasteiger partial charge in [-0.15, -0.1) is 0 Å². The van der Waals surface area contributed by atoms with Crippen LogP contribution in [0.15, 0.2) is 60.7 Å². The second-order valence-corrected chi connectivity index (χ2v) is 11.9. The summed E-state index contributed by atoms with van der Waals surface area (Å²) in [5.41, 5.74) is 1.61. The Morgan fingerprint density at radius 3 is 1.85 bits per heavy atom. The lowest BCUT2D eigenvalue weighted by Gasteiger charge is -2.35. The number of carbonyl (C=O) groups is 1. The number of ether oxygens (including phenoxy) is 4. The van der Waals surface area contributed by atoms with Crippen molar-refractivity contribution in [3.05, 3.63) is 71.8 Å². The van der Waals surface area contributed by atoms with Crippen molar-refractivity contribution < 1.29 is 23.7 Å². The van der Waals surface area contributed by atoms with Crippen LogP contribution in [0.25, 0.3) is 0 Å². The molecule has 0 bridgehead atoms. The summed E-state index contributed by atoms with van der Waals surface area (Å²) in [4.78, 5) is 14.9. The van der Waals surface area contributed by atoms with Crippen molar-refractivity contribution in [2.45, 2.75) is 122 Å². The van der Waals surface area contributed by atoms with E-state index in [4.69, 9.17) is 18.9 Å². The van der Waals surface area contributed by atoms with E-state index in [0.717, 1.165) is 24.0 Å². The first-order chi connectivity index (χ1) is 19.3. The third-order valence-corrected chi connectivity index (χ3v) is 7.35. The van der Waals surface area contributed by atoms with E-state index in [-0.39, 0.29) is 30.4 Å². The van der Waals surface area contributed by atoms with Crippen LogP contribution in [0, 0.1) is 0 Å². The third kappa shape index (κ3) is 10.9. The molecule has 4 atom stereocenters. The molecule has 0 spiro atoms. The summed E-state index contributed by atoms with van der Waals surface area (Å²) in [6, 6.07) is 20.0. The summed E-state index contributed by atoms with van der Waals surface area (Å²) >= 11 is 0. The number of nitrogens with zero attached hydrogens (tertiary/aromatic N) is 1. The van der Waals surface area contributed by atoms with E-state index in [1.54, 1.807) is 11.9 Å². The lowest BCUT2D eigenvalue weighted by Crippen LogP contribution is -2.51. The van der Waals surface area contributed by atoms with E-state index < -0.39 is 5.60 Å². The smallest absolute Gasteiger partial charge is 0.410 e. The minimum absolute atomic E-state index is 0.208. The predicted molar refractivity (Wildman–Crippen MR) is 160 cm³/mol. The van der Waals surface area contributed by atoms with Crippen molar-refractivity contribution in [3.8, 4) is 0 Å². The minimum Gasteiger partial charge on any atom is -0.444 e. The summed E-state index contributed by atoms with van der Waals surface area (Å²) in [5, 5.41) is 0. The summed E-state index contributed by atoms with van der Waals surface area (Å²) < 4.78 is 25.3. The lowest BCUT2D eigenvalue weighted by molar-refractivity contribution is -0.0903. The second-order valence-electron chi connectivity index (χ2n) is 11.9. The minimum atomic E-state index is -0.596. The van der Waals surface area contributed by atoms with Crippen LogP contribution in [0.3, 0.4) is 0 Å². The molecular formula is C34H51NO5. The SMILES string of the molecule is CCCCCCCCCOC1C(OCc2ccccc2)CC(OCc2ccccc2)C1N(C)C(=O)OC(C)(C)C. The van der Waals surface area contributed by atoms with Gasteiger partial charge in [-0.3, -0.25) is 0 Å². The molecule has 40 heavy (non-hydrogen) atoms. The molecule has 0 N–H and O–H groups in total. The number of carbonyl (C=O) groups excluding carboxylic acids is 1. The quantitative estimate of drug-likeness (QED) is 0.198. The molecule has 0 radical (unpaired) electrons. The van der Waals surface area contributed by atoms with Crippen molar-refractivity contribution >= 4 is 6.09 Å². The number of benzene rings is 2. The lowest BCUT2D eigenvalue weighted by atomic mass is 10.1. The van der Waals surface area contributed by atoms with Crippen LogP contribution in [0.4, 0.5) is 4.79 Å². The van der Waals surface area contributed by atoms with Gasteiger partial charge in [0, 0.05) is 20.1 Å². The van der Waals surface area contributed by atoms with Gasteiger partial charge in [-0.05, 0) is 38.3 Å². The molecule has 6 nitrogen and oxygen atoms in total. The monoisotopic (exact) mass is 553 g/mol. The largest absolute Gasteiger partial charge is 0.444 e. The third-order valence-electron chi connectivity index (χ3n) is 7.35. The fourth-order valence-electron chi connectivity index (χ4n) is 5.23. The van der Waals surface area contributed by atoms with Crippen LogP contribution in [0.1, 0.15) is 90.2 Å². The second kappa shape index (κ2) is 16.8. The molecule has 2 aromatic carbocycles. The Labute approximate surface area is 242 Å². The van der Waals surface area contributed by atoms with Crippen LogP contribution >= 0.6 is 0 Å². The van der Waals surface area contributed by atoms with Crippen molar-refractivity contribution in [1.29, 1.82) is 0 Å². The Kier molecular flexibility index (Phi) is 13.5. The number of hydrogen-bond acceptors (Lipinski definition) is 5. The fraction of sp³-hybridized carbons (Fsp3) is 0.618. The number of likely N-dealkylation sites (N-methyl/N-ethyl adjacent to an activating group) is 1. The summed E-state index contributed by atoms with van der Waals surface area (Å²) in [7, 11) is 1.79. The molecule has 3 rings (SSSR count). The average Bonchev–Trinajstić information content (AvgIpc) is 3.29. The molecule has 1 amide bonds. The van der Waals surface area contributed by atoms with Crippen molar-refractivity contribution in [1.82, 2.24) is 4.90 Å². The molecular weight excluding hydrogens is 502 g/mol. The average molecular weight is 554 g/mol. The highest BCUT2D eigenvalue weighted by molar-refractivity contribution is 5.68. The van der Waals surface area contributed by atoms with Gasteiger partial charge in [-0.1, -0.05) is 106 Å². The molecule has 1 fully saturated rings. The Morgan fingerprint density at radius 2 is 1.30 bits per heavy atom. The molecule has 4 unspecified atom stereocenters. The maximum Gasteiger partial charge on any atom is 0.410 e. The van der Waals surface area contributed by atoms with Gasteiger partial charge in [-0.25, -0.2) is 4.79 Å². The van der Waals surface area contributed by atoms with Crippen LogP contribution in [0.2, 0.25) is 0 Å². The Hall–Kier alpha value is -2.41. The van der Waals surface area contributed by atoms with E-state index in [1.165, 1.54) is 32.1 Å². The van der Waals surface area contributed by atoms with Gasteiger partial charge in [0.1, 0.15) is 11.7 Å². The zero-order valence-electron chi connectivity index (χ0n) is 25.3. The topological polar surface area (TPSA) is 57.2 Å². The molecule has 0 aromatic heterocycles. The van der Waals surface area contributed by atoms with E-state index >= 15 is 0 Å². The molecule has 1 aliphatic carbocycles. The molecule has 0 heterocycles. The highest BCUT2D eigenvalue weighted by Gasteiger charge is 2.49. The zero-order valence-corrected chi connectivity index (χ0v) is 25.3. The zero-order chi connectivity index (χ0) is 28.8. The van der Waals surface area contributed by atoms with Crippen molar-refractivity contribution in [2.24, 2.45) is 0 Å². The van der Waals surface area contributed by atoms with Crippen molar-refractivity contribution in [2.75, 3.05) is 13.7 Å². The van der Waals surface area contributed by atoms with Gasteiger partial charge in [0.25, 0.3) is 0 Å². The number of rotatable bonds is 16. The molecule has 1 saturated carbocycles. The molecule has 0 aliphatic heterocycles. The molecule has 222 valence electrons. The summed E-state index contributed by atoms with van der Waals surface area (Å²) in [6.45, 7) is 9.48. The first-order valence-corrected chi connectivity index (χ1v) is 15.2. The maximum atomic E-state index is 13.3.